The molecule has 0 saturated heterocycles. The monoisotopic (exact) mass is 299 g/mol. The van der Waals surface area contributed by atoms with Crippen LogP contribution in [0.25, 0.3) is 0 Å². The van der Waals surface area contributed by atoms with Gasteiger partial charge in [0.25, 0.3) is 0 Å². The topological polar surface area (TPSA) is 40.5 Å². The van der Waals surface area contributed by atoms with Gasteiger partial charge in [-0.15, -0.1) is 0 Å². The smallest absolute Gasteiger partial charge is 0.335 e. The summed E-state index contributed by atoms with van der Waals surface area (Å²) in [5.74, 6) is -0.352. The minimum Gasteiger partial charge on any atom is -0.478 e. The van der Waals surface area contributed by atoms with E-state index in [9.17, 15) is 4.79 Å². The molecule has 0 unspecified atom stereocenters. The molecule has 17 heavy (non-hydrogen) atoms. The Labute approximate surface area is 111 Å². The SMILES string of the molecule is CCN(CC(C)C)c1cc(Br)cc(C(=O)O)c1. The van der Waals surface area contributed by atoms with Crippen molar-refractivity contribution < 1.29 is 9.90 Å². The summed E-state index contributed by atoms with van der Waals surface area (Å²) in [5.41, 5.74) is 1.27. The van der Waals surface area contributed by atoms with Crippen LogP contribution in [0.1, 0.15) is 31.1 Å². The lowest BCUT2D eigenvalue weighted by molar-refractivity contribution is 0.0697. The molecule has 0 saturated carbocycles. The molecule has 0 aliphatic carbocycles. The molecule has 1 aromatic carbocycles. The number of carboxylic acid groups (broad SMARTS) is 1. The summed E-state index contributed by atoms with van der Waals surface area (Å²) in [6.45, 7) is 8.17. The molecule has 1 aromatic rings. The molecule has 0 aliphatic rings. The van der Waals surface area contributed by atoms with Gasteiger partial charge in [0, 0.05) is 23.2 Å². The van der Waals surface area contributed by atoms with Crippen molar-refractivity contribution in [1.29, 1.82) is 0 Å². The van der Waals surface area contributed by atoms with E-state index in [1.54, 1.807) is 12.1 Å². The van der Waals surface area contributed by atoms with E-state index in [2.05, 4.69) is 41.6 Å². The number of aromatic carboxylic acids is 1. The van der Waals surface area contributed by atoms with Crippen LogP contribution in [0.5, 0.6) is 0 Å². The lowest BCUT2D eigenvalue weighted by atomic mass is 10.1. The summed E-state index contributed by atoms with van der Waals surface area (Å²) in [4.78, 5) is 13.2. The predicted molar refractivity (Wildman–Crippen MR) is 73.8 cm³/mol. The minimum absolute atomic E-state index is 0.316. The highest BCUT2D eigenvalue weighted by Crippen LogP contribution is 2.23. The molecule has 0 spiro atoms. The fraction of sp³-hybridized carbons (Fsp3) is 0.462. The van der Waals surface area contributed by atoms with Crippen LogP contribution in [0.3, 0.4) is 0 Å². The van der Waals surface area contributed by atoms with Crippen LogP contribution in [0.15, 0.2) is 22.7 Å². The summed E-state index contributed by atoms with van der Waals surface area (Å²) in [6, 6.07) is 5.30. The van der Waals surface area contributed by atoms with Crippen LogP contribution in [-0.4, -0.2) is 24.2 Å². The van der Waals surface area contributed by atoms with E-state index >= 15 is 0 Å². The molecule has 0 amide bonds. The second-order valence-corrected chi connectivity index (χ2v) is 5.35. The van der Waals surface area contributed by atoms with Gasteiger partial charge in [-0.2, -0.15) is 0 Å². The van der Waals surface area contributed by atoms with Crippen molar-refractivity contribution in [2.24, 2.45) is 5.92 Å². The van der Waals surface area contributed by atoms with Crippen LogP contribution in [-0.2, 0) is 0 Å². The molecular weight excluding hydrogens is 282 g/mol. The Morgan fingerprint density at radius 1 is 1.41 bits per heavy atom. The third-order valence-corrected chi connectivity index (χ3v) is 2.92. The van der Waals surface area contributed by atoms with Gasteiger partial charge in [0.2, 0.25) is 0 Å². The van der Waals surface area contributed by atoms with E-state index in [-0.39, 0.29) is 0 Å². The summed E-state index contributed by atoms with van der Waals surface area (Å²) in [6.07, 6.45) is 0. The molecule has 0 radical (unpaired) electrons. The lowest BCUT2D eigenvalue weighted by Gasteiger charge is -2.25. The zero-order valence-corrected chi connectivity index (χ0v) is 12.0. The van der Waals surface area contributed by atoms with E-state index in [0.29, 0.717) is 11.5 Å². The summed E-state index contributed by atoms with van der Waals surface area (Å²) < 4.78 is 0.801. The van der Waals surface area contributed by atoms with Gasteiger partial charge in [0.05, 0.1) is 5.56 Å². The summed E-state index contributed by atoms with van der Waals surface area (Å²) in [7, 11) is 0. The van der Waals surface area contributed by atoms with Crippen LogP contribution in [0.4, 0.5) is 5.69 Å². The molecule has 1 N–H and O–H groups in total. The Morgan fingerprint density at radius 2 is 2.06 bits per heavy atom. The zero-order valence-electron chi connectivity index (χ0n) is 10.4. The van der Waals surface area contributed by atoms with E-state index < -0.39 is 5.97 Å². The third-order valence-electron chi connectivity index (χ3n) is 2.46. The van der Waals surface area contributed by atoms with E-state index in [1.165, 1.54) is 0 Å². The normalized spacial score (nSPS) is 10.6. The number of hydrogen-bond donors (Lipinski definition) is 1. The maximum absolute atomic E-state index is 11.0. The third kappa shape index (κ3) is 4.04. The molecule has 0 atom stereocenters. The van der Waals surface area contributed by atoms with Crippen LogP contribution in [0, 0.1) is 5.92 Å². The van der Waals surface area contributed by atoms with Crippen LogP contribution in [0.2, 0.25) is 0 Å². The van der Waals surface area contributed by atoms with Gasteiger partial charge < -0.3 is 10.0 Å². The highest BCUT2D eigenvalue weighted by molar-refractivity contribution is 9.10. The molecular formula is C13H18BrNO2. The van der Waals surface area contributed by atoms with E-state index in [1.807, 2.05) is 6.07 Å². The average molecular weight is 300 g/mol. The van der Waals surface area contributed by atoms with Crippen LogP contribution >= 0.6 is 15.9 Å². The second-order valence-electron chi connectivity index (χ2n) is 4.44. The molecule has 3 nitrogen and oxygen atoms in total. The lowest BCUT2D eigenvalue weighted by Crippen LogP contribution is -2.27. The molecule has 0 fully saturated rings. The molecule has 0 aromatic heterocycles. The van der Waals surface area contributed by atoms with Gasteiger partial charge in [-0.3, -0.25) is 0 Å². The van der Waals surface area contributed by atoms with Crippen molar-refractivity contribution in [3.05, 3.63) is 28.2 Å². The quantitative estimate of drug-likeness (QED) is 0.902. The molecule has 0 aliphatic heterocycles. The first-order chi connectivity index (χ1) is 7.93. The fourth-order valence-corrected chi connectivity index (χ4v) is 2.22. The first-order valence-electron chi connectivity index (χ1n) is 5.72. The number of carboxylic acids is 1. The molecule has 1 rings (SSSR count). The van der Waals surface area contributed by atoms with Gasteiger partial charge in [0.1, 0.15) is 0 Å². The van der Waals surface area contributed by atoms with Gasteiger partial charge in [-0.05, 0) is 31.0 Å². The second kappa shape index (κ2) is 6.05. The summed E-state index contributed by atoms with van der Waals surface area (Å²) >= 11 is 3.36. The maximum atomic E-state index is 11.0. The Morgan fingerprint density at radius 3 is 2.53 bits per heavy atom. The highest BCUT2D eigenvalue weighted by Gasteiger charge is 2.11. The molecule has 0 bridgehead atoms. The Balaban J connectivity index is 3.06. The van der Waals surface area contributed by atoms with Gasteiger partial charge >= 0.3 is 5.97 Å². The summed E-state index contributed by atoms with van der Waals surface area (Å²) in [5, 5.41) is 9.03. The Bertz CT molecular complexity index is 404. The van der Waals surface area contributed by atoms with Crippen molar-refractivity contribution in [1.82, 2.24) is 0 Å². The van der Waals surface area contributed by atoms with E-state index in [0.717, 1.165) is 23.2 Å². The number of anilines is 1. The largest absolute Gasteiger partial charge is 0.478 e. The minimum atomic E-state index is -0.895. The first kappa shape index (κ1) is 14.0. The Hall–Kier alpha value is -1.03. The van der Waals surface area contributed by atoms with Crippen molar-refractivity contribution >= 4 is 27.6 Å². The average Bonchev–Trinajstić information content (AvgIpc) is 2.24. The standard InChI is InChI=1S/C13H18BrNO2/c1-4-15(8-9(2)3)12-6-10(13(16)17)5-11(14)7-12/h5-7,9H,4,8H2,1-3H3,(H,16,17). The number of carbonyl (C=O) groups is 1. The van der Waals surface area contributed by atoms with Crippen molar-refractivity contribution in [3.8, 4) is 0 Å². The number of rotatable bonds is 5. The first-order valence-corrected chi connectivity index (χ1v) is 6.52. The van der Waals surface area contributed by atoms with Crippen molar-refractivity contribution in [3.63, 3.8) is 0 Å². The number of hydrogen-bond acceptors (Lipinski definition) is 2. The molecule has 0 heterocycles. The fourth-order valence-electron chi connectivity index (χ4n) is 1.74. The van der Waals surface area contributed by atoms with Crippen molar-refractivity contribution in [2.75, 3.05) is 18.0 Å². The maximum Gasteiger partial charge on any atom is 0.335 e. The molecule has 4 heteroatoms. The number of halogens is 1. The van der Waals surface area contributed by atoms with Gasteiger partial charge in [0.15, 0.2) is 0 Å². The number of nitrogens with zero attached hydrogens (tertiary/aromatic N) is 1. The number of benzene rings is 1. The van der Waals surface area contributed by atoms with Gasteiger partial charge in [-0.25, -0.2) is 4.79 Å². The molecule has 94 valence electrons. The predicted octanol–water partition coefficient (Wildman–Crippen LogP) is 3.63. The zero-order chi connectivity index (χ0) is 13.0. The Kier molecular flexibility index (Phi) is 5.00. The van der Waals surface area contributed by atoms with Gasteiger partial charge in [-0.1, -0.05) is 29.8 Å². The van der Waals surface area contributed by atoms with Crippen LogP contribution < -0.4 is 4.90 Å². The van der Waals surface area contributed by atoms with E-state index in [4.69, 9.17) is 5.11 Å². The van der Waals surface area contributed by atoms with Crippen molar-refractivity contribution in [2.45, 2.75) is 20.8 Å². The highest BCUT2D eigenvalue weighted by atomic mass is 79.9.